The van der Waals surface area contributed by atoms with E-state index in [0.29, 0.717) is 22.8 Å². The number of ether oxygens (including phenoxy) is 1. The van der Waals surface area contributed by atoms with Crippen molar-refractivity contribution in [3.8, 4) is 5.75 Å². The number of carbonyl (C=O) groups is 2. The topological polar surface area (TPSA) is 112 Å². The van der Waals surface area contributed by atoms with Crippen LogP contribution in [0.1, 0.15) is 42.5 Å². The van der Waals surface area contributed by atoms with E-state index in [1.807, 2.05) is 0 Å². The van der Waals surface area contributed by atoms with E-state index < -0.39 is 18.4 Å². The summed E-state index contributed by atoms with van der Waals surface area (Å²) >= 11 is 0. The summed E-state index contributed by atoms with van der Waals surface area (Å²) in [4.78, 5) is 36.5. The van der Waals surface area contributed by atoms with Crippen LogP contribution in [0.15, 0.2) is 24.4 Å². The number of methoxy groups -OCH3 is 1. The zero-order chi connectivity index (χ0) is 26.2. The summed E-state index contributed by atoms with van der Waals surface area (Å²) in [7, 11) is 2.81. The Labute approximate surface area is 213 Å². The fourth-order valence-corrected chi connectivity index (χ4v) is 5.00. The number of benzene rings is 1. The lowest BCUT2D eigenvalue weighted by molar-refractivity contribution is -0.140. The monoisotopic (exact) mass is 515 g/mol. The largest absolute Gasteiger partial charge is 0.495 e. The molecule has 2 amide bonds. The van der Waals surface area contributed by atoms with Gasteiger partial charge in [0.1, 0.15) is 11.4 Å². The van der Waals surface area contributed by atoms with Crippen LogP contribution < -0.4 is 30.5 Å². The number of anilines is 4. The van der Waals surface area contributed by atoms with Gasteiger partial charge in [0.05, 0.1) is 31.6 Å². The van der Waals surface area contributed by atoms with Crippen LogP contribution in [0.2, 0.25) is 0 Å². The zero-order valence-corrected chi connectivity index (χ0v) is 20.9. The van der Waals surface area contributed by atoms with Gasteiger partial charge in [-0.25, -0.2) is 4.98 Å². The summed E-state index contributed by atoms with van der Waals surface area (Å²) in [5.41, 5.74) is 1.20. The van der Waals surface area contributed by atoms with E-state index in [4.69, 9.17) is 4.74 Å². The third-order valence-corrected chi connectivity index (χ3v) is 7.21. The Kier molecular flexibility index (Phi) is 6.84. The van der Waals surface area contributed by atoms with Crippen LogP contribution >= 0.6 is 0 Å². The Morgan fingerprint density at radius 1 is 1.22 bits per heavy atom. The molecule has 2 fully saturated rings. The van der Waals surface area contributed by atoms with Crippen molar-refractivity contribution >= 4 is 35.0 Å². The van der Waals surface area contributed by atoms with Gasteiger partial charge in [-0.3, -0.25) is 9.59 Å². The molecule has 3 N–H and O–H groups in total. The minimum Gasteiger partial charge on any atom is -0.495 e. The second-order valence-corrected chi connectivity index (χ2v) is 9.76. The van der Waals surface area contributed by atoms with E-state index in [2.05, 4.69) is 25.9 Å². The summed E-state index contributed by atoms with van der Waals surface area (Å²) in [6.45, 7) is 0.749. The van der Waals surface area contributed by atoms with E-state index in [1.165, 1.54) is 20.4 Å². The average molecular weight is 516 g/mol. The lowest BCUT2D eigenvalue weighted by Crippen LogP contribution is -2.56. The van der Waals surface area contributed by atoms with Crippen LogP contribution in [0.4, 0.5) is 31.9 Å². The lowest BCUT2D eigenvalue weighted by Gasteiger charge is -2.35. The van der Waals surface area contributed by atoms with Crippen LogP contribution in [0.3, 0.4) is 0 Å². The Hall–Kier alpha value is -3.54. The first kappa shape index (κ1) is 25.1. The number of halogens is 2. The molecule has 0 unspecified atom stereocenters. The first-order chi connectivity index (χ1) is 17.8. The van der Waals surface area contributed by atoms with Crippen molar-refractivity contribution in [2.75, 3.05) is 48.9 Å². The highest BCUT2D eigenvalue weighted by Gasteiger charge is 2.48. The molecule has 2 aliphatic heterocycles. The molecule has 0 bridgehead atoms. The van der Waals surface area contributed by atoms with Crippen molar-refractivity contribution in [1.82, 2.24) is 20.6 Å². The van der Waals surface area contributed by atoms with E-state index in [1.54, 1.807) is 23.1 Å². The van der Waals surface area contributed by atoms with Crippen LogP contribution in [0.5, 0.6) is 5.75 Å². The third kappa shape index (κ3) is 5.02. The van der Waals surface area contributed by atoms with Crippen LogP contribution in [-0.4, -0.2) is 73.6 Å². The standard InChI is InChI=1S/C25H31F2N7O3/c1-33-19-13-29-24(31-18-9-8-15(10-20(18)37-2)22(35)30-16-11-28-12-16)32-21(19)34(14-25(26,27)23(33)36)17-6-4-3-5-7-17/h8-10,13,16-17,28H,3-7,11-12,14H2,1-2H3,(H,30,35)(H,29,31,32). The van der Waals surface area contributed by atoms with Crippen molar-refractivity contribution in [2.45, 2.75) is 50.1 Å². The number of aromatic nitrogens is 2. The van der Waals surface area contributed by atoms with Crippen LogP contribution in [0.25, 0.3) is 0 Å². The van der Waals surface area contributed by atoms with Gasteiger partial charge in [0.15, 0.2) is 5.82 Å². The first-order valence-corrected chi connectivity index (χ1v) is 12.5. The number of rotatable bonds is 6. The van der Waals surface area contributed by atoms with Gasteiger partial charge in [0.2, 0.25) is 5.95 Å². The van der Waals surface area contributed by atoms with Crippen LogP contribution in [0, 0.1) is 0 Å². The maximum Gasteiger partial charge on any atom is 0.342 e. The van der Waals surface area contributed by atoms with Gasteiger partial charge >= 0.3 is 5.92 Å². The summed E-state index contributed by atoms with van der Waals surface area (Å²) in [6, 6.07) is 4.93. The Morgan fingerprint density at radius 2 is 1.97 bits per heavy atom. The average Bonchev–Trinajstić information content (AvgIpc) is 2.95. The van der Waals surface area contributed by atoms with Crippen molar-refractivity contribution in [1.29, 1.82) is 0 Å². The molecule has 2 aromatic rings. The number of hydrogen-bond acceptors (Lipinski definition) is 8. The lowest BCUT2D eigenvalue weighted by atomic mass is 9.94. The molecular formula is C25H31F2N7O3. The van der Waals surface area contributed by atoms with Crippen LogP contribution in [-0.2, 0) is 4.79 Å². The van der Waals surface area contributed by atoms with Crippen molar-refractivity contribution < 1.29 is 23.1 Å². The molecule has 0 radical (unpaired) electrons. The highest BCUT2D eigenvalue weighted by molar-refractivity contribution is 6.02. The molecule has 3 aliphatic rings. The molecule has 10 nitrogen and oxygen atoms in total. The number of hydrogen-bond donors (Lipinski definition) is 3. The van der Waals surface area contributed by atoms with Gasteiger partial charge in [-0.2, -0.15) is 13.8 Å². The number of nitrogens with one attached hydrogen (secondary N) is 3. The molecule has 3 heterocycles. The molecule has 1 aliphatic carbocycles. The van der Waals surface area contributed by atoms with Gasteiger partial charge in [-0.1, -0.05) is 19.3 Å². The Bertz CT molecular complexity index is 1180. The van der Waals surface area contributed by atoms with Crippen molar-refractivity contribution in [2.24, 2.45) is 0 Å². The molecule has 198 valence electrons. The van der Waals surface area contributed by atoms with Crippen molar-refractivity contribution in [3.05, 3.63) is 30.0 Å². The minimum atomic E-state index is -3.55. The van der Waals surface area contributed by atoms with E-state index >= 15 is 0 Å². The molecule has 1 saturated carbocycles. The number of carbonyl (C=O) groups excluding carboxylic acids is 2. The highest BCUT2D eigenvalue weighted by Crippen LogP contribution is 2.39. The molecule has 1 aromatic carbocycles. The third-order valence-electron chi connectivity index (χ3n) is 7.21. The number of amides is 2. The molecule has 1 aromatic heterocycles. The molecule has 37 heavy (non-hydrogen) atoms. The summed E-state index contributed by atoms with van der Waals surface area (Å²) in [5, 5.41) is 9.14. The first-order valence-electron chi connectivity index (χ1n) is 12.5. The number of alkyl halides is 2. The predicted octanol–water partition coefficient (Wildman–Crippen LogP) is 2.68. The number of fused-ring (bicyclic) bond motifs is 1. The van der Waals surface area contributed by atoms with E-state index in [-0.39, 0.29) is 29.6 Å². The van der Waals surface area contributed by atoms with Gasteiger partial charge in [0.25, 0.3) is 11.8 Å². The van der Waals surface area contributed by atoms with Gasteiger partial charge in [0, 0.05) is 31.7 Å². The molecular weight excluding hydrogens is 484 g/mol. The van der Waals surface area contributed by atoms with Gasteiger partial charge < -0.3 is 30.5 Å². The van der Waals surface area contributed by atoms with Crippen molar-refractivity contribution in [3.63, 3.8) is 0 Å². The summed E-state index contributed by atoms with van der Waals surface area (Å²) in [6.07, 6.45) is 5.85. The maximum absolute atomic E-state index is 14.9. The number of nitrogens with zero attached hydrogens (tertiary/aromatic N) is 4. The second kappa shape index (κ2) is 10.1. The quantitative estimate of drug-likeness (QED) is 0.539. The maximum atomic E-state index is 14.9. The van der Waals surface area contributed by atoms with E-state index in [9.17, 15) is 18.4 Å². The fraction of sp³-hybridized carbons (Fsp3) is 0.520. The predicted molar refractivity (Wildman–Crippen MR) is 135 cm³/mol. The van der Waals surface area contributed by atoms with E-state index in [0.717, 1.165) is 50.1 Å². The fourth-order valence-electron chi connectivity index (χ4n) is 5.00. The highest BCUT2D eigenvalue weighted by atomic mass is 19.3. The Balaban J connectivity index is 1.44. The minimum absolute atomic E-state index is 0.105. The molecule has 0 spiro atoms. The molecule has 5 rings (SSSR count). The second-order valence-electron chi connectivity index (χ2n) is 9.76. The molecule has 12 heteroatoms. The molecule has 1 saturated heterocycles. The SMILES string of the molecule is COc1cc(C(=O)NC2CNC2)ccc1Nc1ncc2c(n1)N(C1CCCCC1)CC(F)(F)C(=O)N2C. The normalized spacial score (nSPS) is 20.1. The molecule has 0 atom stereocenters. The summed E-state index contributed by atoms with van der Waals surface area (Å²) < 4.78 is 35.3. The smallest absolute Gasteiger partial charge is 0.342 e. The summed E-state index contributed by atoms with van der Waals surface area (Å²) in [5.74, 6) is -4.15. The Morgan fingerprint density at radius 3 is 2.65 bits per heavy atom. The zero-order valence-electron chi connectivity index (χ0n) is 20.9. The van der Waals surface area contributed by atoms with Gasteiger partial charge in [-0.15, -0.1) is 0 Å². The van der Waals surface area contributed by atoms with Gasteiger partial charge in [-0.05, 0) is 31.0 Å².